The van der Waals surface area contributed by atoms with Gasteiger partial charge < -0.3 is 4.42 Å². The van der Waals surface area contributed by atoms with Gasteiger partial charge in [-0.05, 0) is 29.8 Å². The fraction of sp³-hybridized carbons (Fsp3) is 0.0870. The summed E-state index contributed by atoms with van der Waals surface area (Å²) in [4.78, 5) is 14.7. The van der Waals surface area contributed by atoms with Gasteiger partial charge in [0, 0.05) is 11.4 Å². The summed E-state index contributed by atoms with van der Waals surface area (Å²) >= 11 is 1.25. The Morgan fingerprint density at radius 3 is 1.93 bits per heavy atom. The van der Waals surface area contributed by atoms with Crippen molar-refractivity contribution in [3.63, 3.8) is 0 Å². The lowest BCUT2D eigenvalue weighted by Crippen LogP contribution is -2.27. The Kier molecular flexibility index (Phi) is 6.02. The number of rotatable bonds is 7. The van der Waals surface area contributed by atoms with E-state index in [9.17, 15) is 4.79 Å². The van der Waals surface area contributed by atoms with Crippen LogP contribution in [0.4, 0.5) is 11.4 Å². The van der Waals surface area contributed by atoms with E-state index in [4.69, 9.17) is 4.42 Å². The number of benzene rings is 3. The van der Waals surface area contributed by atoms with Crippen molar-refractivity contribution in [2.24, 2.45) is 0 Å². The summed E-state index contributed by atoms with van der Waals surface area (Å²) in [6, 6.07) is 29.1. The second kappa shape index (κ2) is 9.21. The Hall–Kier alpha value is -3.38. The van der Waals surface area contributed by atoms with Crippen LogP contribution in [0.1, 0.15) is 11.5 Å². The lowest BCUT2D eigenvalue weighted by atomic mass is 10.2. The number of hydrogen-bond acceptors (Lipinski definition) is 5. The van der Waals surface area contributed by atoms with Crippen LogP contribution < -0.4 is 4.90 Å². The second-order valence-corrected chi connectivity index (χ2v) is 7.24. The van der Waals surface area contributed by atoms with Crippen LogP contribution in [-0.4, -0.2) is 21.9 Å². The standard InChI is InChI=1S/C23H19N3O2S/c27-22(26(19-12-6-2-7-13-19)20-14-8-3-9-15-20)17-29-23-25-24-21(28-23)16-18-10-4-1-5-11-18/h1-15H,16-17H2. The monoisotopic (exact) mass is 401 g/mol. The molecule has 1 heterocycles. The Morgan fingerprint density at radius 1 is 0.793 bits per heavy atom. The van der Waals surface area contributed by atoms with Gasteiger partial charge in [-0.1, -0.05) is 78.5 Å². The number of nitrogens with zero attached hydrogens (tertiary/aromatic N) is 3. The molecule has 4 rings (SSSR count). The Bertz CT molecular complexity index is 1010. The van der Waals surface area contributed by atoms with E-state index in [1.54, 1.807) is 4.90 Å². The highest BCUT2D eigenvalue weighted by Crippen LogP contribution is 2.27. The van der Waals surface area contributed by atoms with E-state index in [1.165, 1.54) is 11.8 Å². The van der Waals surface area contributed by atoms with E-state index < -0.39 is 0 Å². The maximum absolute atomic E-state index is 13.0. The van der Waals surface area contributed by atoms with Crippen LogP contribution in [0.2, 0.25) is 0 Å². The van der Waals surface area contributed by atoms with Gasteiger partial charge in [0.2, 0.25) is 11.8 Å². The molecule has 0 saturated carbocycles. The van der Waals surface area contributed by atoms with Crippen molar-refractivity contribution in [1.29, 1.82) is 0 Å². The summed E-state index contributed by atoms with van der Waals surface area (Å²) in [5.74, 6) is 0.667. The van der Waals surface area contributed by atoms with Gasteiger partial charge in [-0.15, -0.1) is 10.2 Å². The number of para-hydroxylation sites is 2. The minimum atomic E-state index is -0.0600. The zero-order valence-electron chi connectivity index (χ0n) is 15.6. The molecule has 1 amide bonds. The molecule has 0 spiro atoms. The number of carbonyl (C=O) groups excluding carboxylic acids is 1. The first-order chi connectivity index (χ1) is 14.3. The number of hydrogen-bond donors (Lipinski definition) is 0. The van der Waals surface area contributed by atoms with E-state index in [1.807, 2.05) is 91.0 Å². The summed E-state index contributed by atoms with van der Waals surface area (Å²) in [5, 5.41) is 8.55. The highest BCUT2D eigenvalue weighted by molar-refractivity contribution is 7.99. The van der Waals surface area contributed by atoms with Crippen molar-refractivity contribution in [1.82, 2.24) is 10.2 Å². The molecule has 29 heavy (non-hydrogen) atoms. The van der Waals surface area contributed by atoms with E-state index in [0.717, 1.165) is 16.9 Å². The molecule has 6 heteroatoms. The van der Waals surface area contributed by atoms with Crippen molar-refractivity contribution < 1.29 is 9.21 Å². The number of carbonyl (C=O) groups is 1. The smallest absolute Gasteiger partial charge is 0.277 e. The third-order valence-electron chi connectivity index (χ3n) is 4.24. The Morgan fingerprint density at radius 2 is 1.34 bits per heavy atom. The fourth-order valence-electron chi connectivity index (χ4n) is 2.92. The van der Waals surface area contributed by atoms with Gasteiger partial charge in [-0.2, -0.15) is 0 Å². The van der Waals surface area contributed by atoms with Crippen LogP contribution >= 0.6 is 11.8 Å². The molecule has 0 saturated heterocycles. The third-order valence-corrected chi connectivity index (χ3v) is 5.05. The zero-order valence-corrected chi connectivity index (χ0v) is 16.5. The Labute approximate surface area is 173 Å². The lowest BCUT2D eigenvalue weighted by molar-refractivity contribution is -0.115. The van der Waals surface area contributed by atoms with Crippen LogP contribution in [0.5, 0.6) is 0 Å². The van der Waals surface area contributed by atoms with E-state index in [-0.39, 0.29) is 11.7 Å². The van der Waals surface area contributed by atoms with Crippen LogP contribution in [0.25, 0.3) is 0 Å². The molecular weight excluding hydrogens is 382 g/mol. The van der Waals surface area contributed by atoms with Crippen molar-refractivity contribution in [2.75, 3.05) is 10.7 Å². The van der Waals surface area contributed by atoms with E-state index in [0.29, 0.717) is 17.5 Å². The minimum Gasteiger partial charge on any atom is -0.416 e. The van der Waals surface area contributed by atoms with Gasteiger partial charge in [0.05, 0.1) is 12.2 Å². The van der Waals surface area contributed by atoms with Gasteiger partial charge in [0.25, 0.3) is 5.22 Å². The number of aromatic nitrogens is 2. The fourth-order valence-corrected chi connectivity index (χ4v) is 3.55. The van der Waals surface area contributed by atoms with Gasteiger partial charge in [0.1, 0.15) is 0 Å². The van der Waals surface area contributed by atoms with Gasteiger partial charge in [-0.25, -0.2) is 0 Å². The quantitative estimate of drug-likeness (QED) is 0.402. The van der Waals surface area contributed by atoms with Crippen LogP contribution in [0, 0.1) is 0 Å². The summed E-state index contributed by atoms with van der Waals surface area (Å²) in [6.07, 6.45) is 0.572. The van der Waals surface area contributed by atoms with Crippen LogP contribution in [0.3, 0.4) is 0 Å². The molecule has 3 aromatic carbocycles. The average Bonchev–Trinajstić information content (AvgIpc) is 3.22. The molecule has 5 nitrogen and oxygen atoms in total. The first kappa shape index (κ1) is 19.0. The molecule has 0 aliphatic heterocycles. The first-order valence-corrected chi connectivity index (χ1v) is 10.2. The van der Waals surface area contributed by atoms with Crippen molar-refractivity contribution in [2.45, 2.75) is 11.6 Å². The van der Waals surface area contributed by atoms with Crippen molar-refractivity contribution >= 4 is 29.0 Å². The Balaban J connectivity index is 1.45. The van der Waals surface area contributed by atoms with E-state index >= 15 is 0 Å². The minimum absolute atomic E-state index is 0.0600. The maximum atomic E-state index is 13.0. The second-order valence-electron chi connectivity index (χ2n) is 6.31. The SMILES string of the molecule is O=C(CSc1nnc(Cc2ccccc2)o1)N(c1ccccc1)c1ccccc1. The molecule has 0 aliphatic carbocycles. The average molecular weight is 401 g/mol. The predicted octanol–water partition coefficient (Wildman–Crippen LogP) is 5.12. The lowest BCUT2D eigenvalue weighted by Gasteiger charge is -2.22. The molecule has 0 unspecified atom stereocenters. The molecular formula is C23H19N3O2S. The predicted molar refractivity (Wildman–Crippen MR) is 114 cm³/mol. The summed E-state index contributed by atoms with van der Waals surface area (Å²) in [5.41, 5.74) is 2.74. The molecule has 0 aliphatic rings. The summed E-state index contributed by atoms with van der Waals surface area (Å²) in [6.45, 7) is 0. The van der Waals surface area contributed by atoms with Crippen LogP contribution in [-0.2, 0) is 11.2 Å². The van der Waals surface area contributed by atoms with Crippen molar-refractivity contribution in [3.8, 4) is 0 Å². The van der Waals surface area contributed by atoms with Crippen molar-refractivity contribution in [3.05, 3.63) is 102 Å². The molecule has 0 N–H and O–H groups in total. The largest absolute Gasteiger partial charge is 0.416 e. The molecule has 4 aromatic rings. The number of thioether (sulfide) groups is 1. The number of amides is 1. The molecule has 0 atom stereocenters. The highest BCUT2D eigenvalue weighted by atomic mass is 32.2. The number of anilines is 2. The van der Waals surface area contributed by atoms with Gasteiger partial charge in [0.15, 0.2) is 0 Å². The summed E-state index contributed by atoms with van der Waals surface area (Å²) < 4.78 is 5.70. The van der Waals surface area contributed by atoms with Gasteiger partial charge >= 0.3 is 0 Å². The highest BCUT2D eigenvalue weighted by Gasteiger charge is 2.19. The van der Waals surface area contributed by atoms with E-state index in [2.05, 4.69) is 10.2 Å². The maximum Gasteiger partial charge on any atom is 0.277 e. The molecule has 0 bridgehead atoms. The summed E-state index contributed by atoms with van der Waals surface area (Å²) in [7, 11) is 0. The normalized spacial score (nSPS) is 10.6. The zero-order chi connectivity index (χ0) is 19.9. The third kappa shape index (κ3) is 4.92. The van der Waals surface area contributed by atoms with Crippen LogP contribution in [0.15, 0.2) is 101 Å². The molecule has 144 valence electrons. The first-order valence-electron chi connectivity index (χ1n) is 9.22. The molecule has 0 fully saturated rings. The molecule has 0 radical (unpaired) electrons. The van der Waals surface area contributed by atoms with Gasteiger partial charge in [-0.3, -0.25) is 9.69 Å². The molecule has 1 aromatic heterocycles. The topological polar surface area (TPSA) is 59.2 Å².